The fourth-order valence-electron chi connectivity index (χ4n) is 13.0. The molecule has 0 saturated carbocycles. The molecule has 1 aromatic heterocycles. The number of nitrogens with one attached hydrogen (secondary N) is 3. The molecule has 5 aliphatic rings. The predicted molar refractivity (Wildman–Crippen MR) is 351 cm³/mol. The third-order valence-corrected chi connectivity index (χ3v) is 19.1. The second kappa shape index (κ2) is 36.3. The Morgan fingerprint density at radius 2 is 1.28 bits per heavy atom. The molecular weight excluding hydrogens is 1400 g/mol. The van der Waals surface area contributed by atoms with E-state index in [2.05, 4.69) is 33.2 Å². The Balaban J connectivity index is 0.831. The topological polar surface area (TPSA) is 559 Å². The summed E-state index contributed by atoms with van der Waals surface area (Å²) in [5.41, 5.74) is 10.5. The first kappa shape index (κ1) is 80.0. The third kappa shape index (κ3) is 19.5. The van der Waals surface area contributed by atoms with E-state index < -0.39 is 180 Å². The highest BCUT2D eigenvalue weighted by Crippen LogP contribution is 2.57. The van der Waals surface area contributed by atoms with Crippen molar-refractivity contribution in [2.75, 3.05) is 26.4 Å². The number of esters is 1. The van der Waals surface area contributed by atoms with Crippen LogP contribution < -0.4 is 32.2 Å². The Kier molecular flexibility index (Phi) is 27.9. The van der Waals surface area contributed by atoms with Crippen LogP contribution in [0.3, 0.4) is 0 Å². The number of aliphatic hydroxyl groups is 6. The fourth-order valence-corrected chi connectivity index (χ4v) is 13.8. The van der Waals surface area contributed by atoms with Gasteiger partial charge in [0.1, 0.15) is 90.0 Å². The molecule has 0 bridgehead atoms. The number of aromatic nitrogens is 3. The van der Waals surface area contributed by atoms with E-state index in [0.29, 0.717) is 29.5 Å². The highest BCUT2D eigenvalue weighted by atomic mass is 31.2. The number of nitrogens with two attached hydrogens (primary N) is 2. The van der Waals surface area contributed by atoms with Crippen LogP contribution in [0.5, 0.6) is 23.0 Å². The molecular formula is C66H89N8O29P. The van der Waals surface area contributed by atoms with Gasteiger partial charge in [0.05, 0.1) is 38.1 Å². The summed E-state index contributed by atoms with van der Waals surface area (Å²) in [6.07, 6.45) is -14.9. The molecule has 0 aliphatic carbocycles. The maximum atomic E-state index is 13.8. The maximum absolute atomic E-state index is 13.8. The number of ether oxygens (including phenoxy) is 9. The second-order valence-electron chi connectivity index (χ2n) is 25.7. The number of unbranched alkanes of at least 4 members (excludes halogenated alkanes) is 13. The summed E-state index contributed by atoms with van der Waals surface area (Å²) in [5, 5.41) is 113. The van der Waals surface area contributed by atoms with Gasteiger partial charge in [-0.1, -0.05) is 102 Å². The first-order chi connectivity index (χ1) is 49.7. The van der Waals surface area contributed by atoms with Gasteiger partial charge in [0.25, 0.3) is 5.91 Å². The number of aliphatic carboxylic acids is 1. The SMILES string of the molecule is CCCCCCCCCCCCCCCCOC(COP(=O)(O)O[C@H]1OC(C(N)=O)[C@@H](O)C(OC(N)=O)C1O[C@@H]1OC(CO)[C@@H](O[C@H]2OC(CO)C(O)[C@H](O)[C@@H]2NC(=O)Cn2cc(CNC(=O)c3ccc4c(c3)C(=O)OC43c4ccc(O)cc4Oc4cc(O)ccc43)nn2)C(O)C1NC(C)=O)C(=O)O. The normalized spacial score (nSPS) is 26.9. The van der Waals surface area contributed by atoms with E-state index in [-0.39, 0.29) is 53.0 Å². The van der Waals surface area contributed by atoms with Crippen LogP contribution in [0.4, 0.5) is 4.79 Å². The van der Waals surface area contributed by atoms with Crippen molar-refractivity contribution in [1.82, 2.24) is 30.9 Å². The molecule has 4 aromatic rings. The number of carbonyl (C=O) groups excluding carboxylic acids is 6. The molecule has 9 rings (SSSR count). The van der Waals surface area contributed by atoms with Gasteiger partial charge in [-0.05, 0) is 42.8 Å². The minimum Gasteiger partial charge on any atom is -0.508 e. The number of phosphoric acid groups is 1. The van der Waals surface area contributed by atoms with E-state index >= 15 is 0 Å². The van der Waals surface area contributed by atoms with E-state index in [1.165, 1.54) is 106 Å². The predicted octanol–water partition coefficient (Wildman–Crippen LogP) is 0.584. The standard InChI is InChI=1S/C66H89N8O29P/c1-3-4-5-6-7-8-9-10-11-12-13-14-15-16-23-93-46(60(87)88)32-94-104(91,92)103-64-57(55(101-65(68)90)53(84)56(99-64)58(67)85)100-63-49(70-33(2)77)52(83)54(45(31-76)97-63)98-62-48(51(82)50(81)44(30-75)96-62)71-47(80)29-74-28-35(72-73-74)27-69-59(86)34-17-20-39-38(24-34)61(89)102-66(39)40-21-18-36(78)25-42(40)95-43-26-37(79)19-22-41(43)66/h17-22,24-26,28,44-46,48-57,62-64,75-76,78-79,81-84H,3-16,23,27,29-32H2,1-2H3,(H2,67,85)(H2,68,90)(H,69,86)(H,70,77)(H,71,80)(H,87,88)(H,91,92)/t44?,45?,46?,48-,49?,50?,51+,52?,53-,54+,55?,56?,57?,62+,63-,64+/m0/s1. The summed E-state index contributed by atoms with van der Waals surface area (Å²) >= 11 is 0. The number of phenolic OH excluding ortho intramolecular Hbond substituents is 2. The van der Waals surface area contributed by atoms with Crippen molar-refractivity contribution in [2.45, 2.75) is 221 Å². The quantitative estimate of drug-likeness (QED) is 0.0167. The minimum atomic E-state index is -5.66. The number of carbonyl (C=O) groups is 7. The first-order valence-electron chi connectivity index (χ1n) is 34.1. The van der Waals surface area contributed by atoms with Gasteiger partial charge in [0.2, 0.25) is 17.7 Å². The molecule has 37 nitrogen and oxygen atoms in total. The number of hydrogen-bond donors (Lipinski definition) is 15. The zero-order valence-corrected chi connectivity index (χ0v) is 57.7. The summed E-state index contributed by atoms with van der Waals surface area (Å²) < 4.78 is 77.1. The second-order valence-corrected chi connectivity index (χ2v) is 27.1. The van der Waals surface area contributed by atoms with Crippen molar-refractivity contribution < 1.29 is 141 Å². The summed E-state index contributed by atoms with van der Waals surface area (Å²) in [6.45, 7) is -1.15. The molecule has 17 atom stereocenters. The Morgan fingerprint density at radius 1 is 0.702 bits per heavy atom. The van der Waals surface area contributed by atoms with Gasteiger partial charge in [-0.15, -0.1) is 5.10 Å². The largest absolute Gasteiger partial charge is 0.508 e. The van der Waals surface area contributed by atoms with Crippen LogP contribution in [0.2, 0.25) is 0 Å². The van der Waals surface area contributed by atoms with Gasteiger partial charge >= 0.3 is 25.9 Å². The van der Waals surface area contributed by atoms with Gasteiger partial charge in [-0.2, -0.15) is 0 Å². The van der Waals surface area contributed by atoms with Gasteiger partial charge in [0, 0.05) is 47.9 Å². The van der Waals surface area contributed by atoms with Crippen molar-refractivity contribution in [2.24, 2.45) is 11.5 Å². The van der Waals surface area contributed by atoms with Gasteiger partial charge in [0.15, 0.2) is 48.9 Å². The molecule has 104 heavy (non-hydrogen) atoms. The van der Waals surface area contributed by atoms with Gasteiger partial charge in [-0.3, -0.25) is 28.2 Å². The number of carboxylic acids is 1. The smallest absolute Gasteiger partial charge is 0.474 e. The van der Waals surface area contributed by atoms with Crippen molar-refractivity contribution >= 4 is 49.5 Å². The van der Waals surface area contributed by atoms with E-state index in [1.54, 1.807) is 0 Å². The van der Waals surface area contributed by atoms with Crippen LogP contribution in [-0.4, -0.2) is 232 Å². The number of amides is 5. The number of aliphatic hydroxyl groups excluding tert-OH is 6. The molecule has 3 fully saturated rings. The summed E-state index contributed by atoms with van der Waals surface area (Å²) in [7, 11) is -5.66. The average Bonchev–Trinajstić information content (AvgIpc) is 1.50. The Hall–Kier alpha value is -8.08. The Bertz CT molecular complexity index is 3650. The van der Waals surface area contributed by atoms with Crippen molar-refractivity contribution in [3.8, 4) is 23.0 Å². The van der Waals surface area contributed by atoms with Crippen molar-refractivity contribution in [3.63, 3.8) is 0 Å². The number of rotatable bonds is 37. The maximum Gasteiger partial charge on any atom is 0.474 e. The van der Waals surface area contributed by atoms with E-state index in [4.69, 9.17) is 63.1 Å². The highest BCUT2D eigenvalue weighted by molar-refractivity contribution is 7.47. The zero-order chi connectivity index (χ0) is 75.2. The summed E-state index contributed by atoms with van der Waals surface area (Å²) in [6, 6.07) is 9.00. The monoisotopic (exact) mass is 1490 g/mol. The molecule has 3 aromatic carbocycles. The number of hydrogen-bond acceptors (Lipinski definition) is 29. The number of primary amides is 2. The number of phosphoric ester groups is 1. The van der Waals surface area contributed by atoms with Gasteiger partial charge < -0.3 is 121 Å². The van der Waals surface area contributed by atoms with Crippen LogP contribution in [0.25, 0.3) is 0 Å². The van der Waals surface area contributed by atoms with E-state index in [1.807, 2.05) is 0 Å². The molecule has 17 N–H and O–H groups in total. The molecule has 1 spiro atoms. The van der Waals surface area contributed by atoms with Crippen molar-refractivity contribution in [1.29, 1.82) is 0 Å². The summed E-state index contributed by atoms with van der Waals surface area (Å²) in [4.78, 5) is 102. The van der Waals surface area contributed by atoms with Gasteiger partial charge in [-0.25, -0.2) is 23.6 Å². The number of phenols is 2. The molecule has 3 saturated heterocycles. The lowest BCUT2D eigenvalue weighted by Gasteiger charge is -2.49. The minimum absolute atomic E-state index is 0.0207. The number of fused-ring (bicyclic) bond motifs is 6. The molecule has 38 heteroatoms. The van der Waals surface area contributed by atoms with Crippen LogP contribution in [-0.2, 0) is 89.4 Å². The van der Waals surface area contributed by atoms with E-state index in [9.17, 15) is 89.0 Å². The first-order valence-corrected chi connectivity index (χ1v) is 35.6. The Labute approximate surface area is 594 Å². The zero-order valence-electron chi connectivity index (χ0n) is 56.8. The van der Waals surface area contributed by atoms with Crippen molar-refractivity contribution in [3.05, 3.63) is 94.3 Å². The van der Waals surface area contributed by atoms with Crippen LogP contribution in [0.15, 0.2) is 60.8 Å². The van der Waals surface area contributed by atoms with Crippen LogP contribution >= 0.6 is 7.82 Å². The molecule has 10 unspecified atom stereocenters. The molecule has 5 amide bonds. The van der Waals surface area contributed by atoms with Crippen LogP contribution in [0, 0.1) is 0 Å². The molecule has 572 valence electrons. The third-order valence-electron chi connectivity index (χ3n) is 18.1. The lowest BCUT2D eigenvalue weighted by atomic mass is 9.77. The number of aromatic hydroxyl groups is 2. The molecule has 6 heterocycles. The van der Waals surface area contributed by atoms with Crippen LogP contribution in [0.1, 0.15) is 147 Å². The summed E-state index contributed by atoms with van der Waals surface area (Å²) in [5.74, 6) is -6.44. The lowest BCUT2D eigenvalue weighted by molar-refractivity contribution is -0.357. The average molecular weight is 1490 g/mol. The number of benzene rings is 3. The lowest BCUT2D eigenvalue weighted by Crippen LogP contribution is -2.70. The number of nitrogens with zero attached hydrogens (tertiary/aromatic N) is 3. The molecule has 0 radical (unpaired) electrons. The Morgan fingerprint density at radius 3 is 1.86 bits per heavy atom. The number of carboxylic acid groups (broad SMARTS) is 1. The molecule has 5 aliphatic heterocycles. The van der Waals surface area contributed by atoms with E-state index in [0.717, 1.165) is 43.7 Å². The highest BCUT2D eigenvalue weighted by Gasteiger charge is 2.58. The fraction of sp³-hybridized carbons (Fsp3) is 0.591.